The fourth-order valence-corrected chi connectivity index (χ4v) is 3.74. The van der Waals surface area contributed by atoms with Crippen LogP contribution in [0.4, 0.5) is 5.69 Å². The molecule has 3 aromatic rings. The van der Waals surface area contributed by atoms with Gasteiger partial charge in [0.2, 0.25) is 5.91 Å². The van der Waals surface area contributed by atoms with Gasteiger partial charge in [0, 0.05) is 17.8 Å². The minimum atomic E-state index is -0.133. The number of carbonyl (C=O) groups excluding carboxylic acids is 1. The van der Waals surface area contributed by atoms with Crippen molar-refractivity contribution in [2.24, 2.45) is 0 Å². The van der Waals surface area contributed by atoms with E-state index in [-0.39, 0.29) is 18.1 Å². The van der Waals surface area contributed by atoms with E-state index in [2.05, 4.69) is 16.0 Å². The standard InChI is InChI=1S/C23H22N4O2S/c1-17-15-19(18-9-4-3-5-10-18)26-23(25-17)30-16-22(28)27(14-8-13-24)20-11-6-7-12-21(20)29-2/h3-7,9-12,15H,8,14,16H2,1-2H3. The van der Waals surface area contributed by atoms with E-state index < -0.39 is 0 Å². The van der Waals surface area contributed by atoms with Crippen LogP contribution in [0.3, 0.4) is 0 Å². The largest absolute Gasteiger partial charge is 0.495 e. The van der Waals surface area contributed by atoms with Crippen LogP contribution in [0.25, 0.3) is 11.3 Å². The van der Waals surface area contributed by atoms with E-state index in [1.165, 1.54) is 11.8 Å². The fourth-order valence-electron chi connectivity index (χ4n) is 2.96. The molecule has 0 aliphatic heterocycles. The molecule has 0 aliphatic rings. The van der Waals surface area contributed by atoms with Gasteiger partial charge >= 0.3 is 0 Å². The first-order valence-electron chi connectivity index (χ1n) is 9.46. The number of rotatable bonds is 8. The molecule has 0 bridgehead atoms. The number of nitrogens with zero attached hydrogens (tertiary/aromatic N) is 4. The van der Waals surface area contributed by atoms with Gasteiger partial charge in [0.05, 0.1) is 36.7 Å². The van der Waals surface area contributed by atoms with Crippen LogP contribution in [0.2, 0.25) is 0 Å². The maximum atomic E-state index is 13.0. The van der Waals surface area contributed by atoms with E-state index in [0.29, 0.717) is 23.1 Å². The van der Waals surface area contributed by atoms with Crippen LogP contribution < -0.4 is 9.64 Å². The lowest BCUT2D eigenvalue weighted by Crippen LogP contribution is -2.33. The summed E-state index contributed by atoms with van der Waals surface area (Å²) in [5.74, 6) is 0.610. The predicted molar refractivity (Wildman–Crippen MR) is 119 cm³/mol. The summed E-state index contributed by atoms with van der Waals surface area (Å²) in [5.41, 5.74) is 3.31. The van der Waals surface area contributed by atoms with Crippen molar-refractivity contribution in [3.05, 3.63) is 66.4 Å². The molecular weight excluding hydrogens is 396 g/mol. The van der Waals surface area contributed by atoms with E-state index in [0.717, 1.165) is 17.0 Å². The number of hydrogen-bond acceptors (Lipinski definition) is 6. The maximum Gasteiger partial charge on any atom is 0.237 e. The zero-order chi connectivity index (χ0) is 21.3. The van der Waals surface area contributed by atoms with Crippen molar-refractivity contribution < 1.29 is 9.53 Å². The Kier molecular flexibility index (Phi) is 7.41. The molecule has 0 saturated heterocycles. The van der Waals surface area contributed by atoms with Crippen LogP contribution in [0.1, 0.15) is 12.1 Å². The molecule has 152 valence electrons. The summed E-state index contributed by atoms with van der Waals surface area (Å²) in [5, 5.41) is 9.55. The van der Waals surface area contributed by atoms with E-state index in [4.69, 9.17) is 10.00 Å². The molecule has 1 amide bonds. The number of benzene rings is 2. The van der Waals surface area contributed by atoms with Crippen LogP contribution in [0.15, 0.2) is 65.8 Å². The Morgan fingerprint density at radius 3 is 2.60 bits per heavy atom. The Labute approximate surface area is 180 Å². The summed E-state index contributed by atoms with van der Waals surface area (Å²) in [4.78, 5) is 23.7. The number of carbonyl (C=O) groups is 1. The summed E-state index contributed by atoms with van der Waals surface area (Å²) < 4.78 is 5.39. The first-order valence-corrected chi connectivity index (χ1v) is 10.4. The summed E-state index contributed by atoms with van der Waals surface area (Å²) >= 11 is 1.28. The Bertz CT molecular complexity index is 1050. The number of ether oxygens (including phenoxy) is 1. The van der Waals surface area contributed by atoms with E-state index in [1.807, 2.05) is 61.5 Å². The highest BCUT2D eigenvalue weighted by Gasteiger charge is 2.20. The number of amides is 1. The molecule has 1 aromatic heterocycles. The number of thioether (sulfide) groups is 1. The molecule has 7 heteroatoms. The first-order chi connectivity index (χ1) is 14.6. The number of aromatic nitrogens is 2. The van der Waals surface area contributed by atoms with Gasteiger partial charge in [-0.05, 0) is 25.1 Å². The third-order valence-electron chi connectivity index (χ3n) is 4.35. The molecule has 0 radical (unpaired) electrons. The van der Waals surface area contributed by atoms with Gasteiger partial charge in [-0.15, -0.1) is 0 Å². The molecule has 0 spiro atoms. The number of nitriles is 1. The summed E-state index contributed by atoms with van der Waals surface area (Å²) in [6, 6.07) is 21.2. The van der Waals surface area contributed by atoms with E-state index >= 15 is 0 Å². The minimum absolute atomic E-state index is 0.133. The molecular formula is C23H22N4O2S. The summed E-state index contributed by atoms with van der Waals surface area (Å²) in [6.45, 7) is 2.20. The molecule has 2 aromatic carbocycles. The second-order valence-electron chi connectivity index (χ2n) is 6.46. The highest BCUT2D eigenvalue weighted by Crippen LogP contribution is 2.29. The quantitative estimate of drug-likeness (QED) is 0.396. The number of hydrogen-bond donors (Lipinski definition) is 0. The predicted octanol–water partition coefficient (Wildman–Crippen LogP) is 4.50. The topological polar surface area (TPSA) is 79.1 Å². The number of methoxy groups -OCH3 is 1. The fraction of sp³-hybridized carbons (Fsp3) is 0.217. The monoisotopic (exact) mass is 418 g/mol. The highest BCUT2D eigenvalue weighted by molar-refractivity contribution is 7.99. The summed E-state index contributed by atoms with van der Waals surface area (Å²) in [7, 11) is 1.56. The van der Waals surface area contributed by atoms with Crippen molar-refractivity contribution in [2.45, 2.75) is 18.5 Å². The van der Waals surface area contributed by atoms with Gasteiger partial charge < -0.3 is 9.64 Å². The van der Waals surface area contributed by atoms with Crippen LogP contribution in [-0.2, 0) is 4.79 Å². The lowest BCUT2D eigenvalue weighted by molar-refractivity contribution is -0.116. The van der Waals surface area contributed by atoms with Crippen molar-refractivity contribution in [1.82, 2.24) is 9.97 Å². The van der Waals surface area contributed by atoms with Gasteiger partial charge in [-0.25, -0.2) is 9.97 Å². The normalized spacial score (nSPS) is 10.3. The lowest BCUT2D eigenvalue weighted by Gasteiger charge is -2.23. The summed E-state index contributed by atoms with van der Waals surface area (Å²) in [6.07, 6.45) is 0.230. The van der Waals surface area contributed by atoms with E-state index in [9.17, 15) is 4.79 Å². The van der Waals surface area contributed by atoms with Crippen LogP contribution >= 0.6 is 11.8 Å². The van der Waals surface area contributed by atoms with Gasteiger partial charge in [-0.2, -0.15) is 5.26 Å². The van der Waals surface area contributed by atoms with Crippen LogP contribution in [0.5, 0.6) is 5.75 Å². The third kappa shape index (κ3) is 5.37. The SMILES string of the molecule is COc1ccccc1N(CCC#N)C(=O)CSc1nc(C)cc(-c2ccccc2)n1. The van der Waals surface area contributed by atoms with E-state index in [1.54, 1.807) is 18.1 Å². The second-order valence-corrected chi connectivity index (χ2v) is 7.40. The van der Waals surface area contributed by atoms with Crippen molar-refractivity contribution >= 4 is 23.4 Å². The smallest absolute Gasteiger partial charge is 0.237 e. The first kappa shape index (κ1) is 21.3. The number of aryl methyl sites for hydroxylation is 1. The molecule has 0 N–H and O–H groups in total. The number of anilines is 1. The molecule has 0 fully saturated rings. The molecule has 30 heavy (non-hydrogen) atoms. The molecule has 1 heterocycles. The molecule has 3 rings (SSSR count). The van der Waals surface area contributed by atoms with Gasteiger partial charge in [0.25, 0.3) is 0 Å². The van der Waals surface area contributed by atoms with Crippen molar-refractivity contribution in [3.63, 3.8) is 0 Å². The third-order valence-corrected chi connectivity index (χ3v) is 5.18. The molecule has 0 aliphatic carbocycles. The average molecular weight is 419 g/mol. The molecule has 0 unspecified atom stereocenters. The van der Waals surface area contributed by atoms with Crippen LogP contribution in [0, 0.1) is 18.3 Å². The van der Waals surface area contributed by atoms with Gasteiger partial charge in [-0.3, -0.25) is 4.79 Å². The van der Waals surface area contributed by atoms with Gasteiger partial charge in [-0.1, -0.05) is 54.2 Å². The van der Waals surface area contributed by atoms with Crippen molar-refractivity contribution in [1.29, 1.82) is 5.26 Å². The second kappa shape index (κ2) is 10.4. The van der Waals surface area contributed by atoms with Gasteiger partial charge in [0.15, 0.2) is 5.16 Å². The minimum Gasteiger partial charge on any atom is -0.495 e. The molecule has 0 atom stereocenters. The zero-order valence-electron chi connectivity index (χ0n) is 16.9. The van der Waals surface area contributed by atoms with Gasteiger partial charge in [0.1, 0.15) is 5.75 Å². The Morgan fingerprint density at radius 2 is 1.87 bits per heavy atom. The highest BCUT2D eigenvalue weighted by atomic mass is 32.2. The Hall–Kier alpha value is -3.37. The Morgan fingerprint density at radius 1 is 1.13 bits per heavy atom. The number of para-hydroxylation sites is 2. The lowest BCUT2D eigenvalue weighted by atomic mass is 10.1. The zero-order valence-corrected chi connectivity index (χ0v) is 17.7. The van der Waals surface area contributed by atoms with Crippen molar-refractivity contribution in [3.8, 4) is 23.1 Å². The maximum absolute atomic E-state index is 13.0. The molecule has 0 saturated carbocycles. The molecule has 6 nitrogen and oxygen atoms in total. The van der Waals surface area contributed by atoms with Crippen molar-refractivity contribution in [2.75, 3.05) is 24.3 Å². The average Bonchev–Trinajstić information content (AvgIpc) is 2.78. The Balaban J connectivity index is 1.79. The van der Waals surface area contributed by atoms with Crippen LogP contribution in [-0.4, -0.2) is 35.3 Å².